The van der Waals surface area contributed by atoms with Gasteiger partial charge in [0.2, 0.25) is 0 Å². The van der Waals surface area contributed by atoms with E-state index in [2.05, 4.69) is 0 Å². The second kappa shape index (κ2) is 6.48. The van der Waals surface area contributed by atoms with E-state index in [4.69, 9.17) is 10.00 Å². The largest absolute Gasteiger partial charge is 0.465 e. The number of carbonyl (C=O) groups is 1. The molecular formula is C10H17NO4S. The van der Waals surface area contributed by atoms with Crippen LogP contribution in [0.15, 0.2) is 0 Å². The summed E-state index contributed by atoms with van der Waals surface area (Å²) in [5.41, 5.74) is 0. The summed E-state index contributed by atoms with van der Waals surface area (Å²) in [4.78, 5) is 11.3. The molecule has 0 aliphatic heterocycles. The van der Waals surface area contributed by atoms with Crippen LogP contribution in [0.5, 0.6) is 0 Å². The van der Waals surface area contributed by atoms with Gasteiger partial charge in [0.05, 0.1) is 12.7 Å². The fourth-order valence-electron chi connectivity index (χ4n) is 0.874. The molecule has 0 aliphatic carbocycles. The fraction of sp³-hybridized carbons (Fsp3) is 0.800. The molecule has 0 saturated carbocycles. The van der Waals surface area contributed by atoms with Gasteiger partial charge < -0.3 is 4.74 Å². The Balaban J connectivity index is 4.25. The lowest BCUT2D eigenvalue weighted by molar-refractivity contribution is -0.143. The Bertz CT molecular complexity index is 367. The van der Waals surface area contributed by atoms with E-state index in [0.29, 0.717) is 12.3 Å². The Morgan fingerprint density at radius 3 is 2.38 bits per heavy atom. The summed E-state index contributed by atoms with van der Waals surface area (Å²) in [6, 6.07) is 1.52. The van der Waals surface area contributed by atoms with E-state index in [1.54, 1.807) is 0 Å². The molecule has 0 spiro atoms. The normalized spacial score (nSPS) is 13.2. The molecule has 1 atom stereocenters. The van der Waals surface area contributed by atoms with Gasteiger partial charge in [0, 0.05) is 0 Å². The number of sulfone groups is 1. The second-order valence-electron chi connectivity index (χ2n) is 3.96. The molecule has 1 unspecified atom stereocenters. The molecule has 0 amide bonds. The summed E-state index contributed by atoms with van der Waals surface area (Å²) < 4.78 is 27.5. The molecule has 0 N–H and O–H groups in total. The number of hydrogen-bond donors (Lipinski definition) is 0. The van der Waals surface area contributed by atoms with Crippen molar-refractivity contribution in [2.45, 2.75) is 32.4 Å². The lowest BCUT2D eigenvalue weighted by atomic mass is 10.1. The molecule has 16 heavy (non-hydrogen) atoms. The monoisotopic (exact) mass is 247 g/mol. The van der Waals surface area contributed by atoms with E-state index >= 15 is 0 Å². The summed E-state index contributed by atoms with van der Waals surface area (Å²) in [6.07, 6.45) is 0.691. The molecule has 0 fully saturated rings. The van der Waals surface area contributed by atoms with Crippen LogP contribution in [-0.2, 0) is 19.4 Å². The SMILES string of the molecule is CC(C)CCOC(=O)C(C)S(=O)(=O)CC#N. The average Bonchev–Trinajstić information content (AvgIpc) is 2.15. The molecular weight excluding hydrogens is 230 g/mol. The minimum Gasteiger partial charge on any atom is -0.465 e. The van der Waals surface area contributed by atoms with Crippen LogP contribution in [0.4, 0.5) is 0 Å². The number of nitrogens with zero attached hydrogens (tertiary/aromatic N) is 1. The maximum Gasteiger partial charge on any atom is 0.324 e. The maximum absolute atomic E-state index is 11.3. The van der Waals surface area contributed by atoms with Crippen molar-refractivity contribution >= 4 is 15.8 Å². The number of nitriles is 1. The van der Waals surface area contributed by atoms with Crippen molar-refractivity contribution in [1.82, 2.24) is 0 Å². The molecule has 0 aromatic heterocycles. The van der Waals surface area contributed by atoms with Crippen molar-refractivity contribution < 1.29 is 17.9 Å². The number of carbonyl (C=O) groups excluding carboxylic acids is 1. The topological polar surface area (TPSA) is 84.2 Å². The summed E-state index contributed by atoms with van der Waals surface area (Å²) >= 11 is 0. The lowest BCUT2D eigenvalue weighted by Crippen LogP contribution is -2.31. The summed E-state index contributed by atoms with van der Waals surface area (Å²) in [7, 11) is -3.70. The zero-order valence-electron chi connectivity index (χ0n) is 9.76. The van der Waals surface area contributed by atoms with Gasteiger partial charge in [0.25, 0.3) is 0 Å². The number of rotatable bonds is 6. The minimum absolute atomic E-state index is 0.211. The van der Waals surface area contributed by atoms with Gasteiger partial charge >= 0.3 is 5.97 Å². The zero-order chi connectivity index (χ0) is 12.8. The molecule has 92 valence electrons. The number of hydrogen-bond acceptors (Lipinski definition) is 5. The van der Waals surface area contributed by atoms with Gasteiger partial charge in [-0.3, -0.25) is 4.79 Å². The standard InChI is InChI=1S/C10H17NO4S/c1-8(2)4-6-15-10(12)9(3)16(13,14)7-5-11/h8-9H,4,6-7H2,1-3H3. The first-order valence-corrected chi connectivity index (χ1v) is 6.78. The third kappa shape index (κ3) is 5.12. The van der Waals surface area contributed by atoms with E-state index in [9.17, 15) is 13.2 Å². The molecule has 0 saturated heterocycles. The molecule has 0 bridgehead atoms. The Morgan fingerprint density at radius 1 is 1.38 bits per heavy atom. The van der Waals surface area contributed by atoms with Gasteiger partial charge in [-0.05, 0) is 19.3 Å². The van der Waals surface area contributed by atoms with E-state index < -0.39 is 26.8 Å². The highest BCUT2D eigenvalue weighted by Gasteiger charge is 2.28. The van der Waals surface area contributed by atoms with Crippen LogP contribution in [0, 0.1) is 17.2 Å². The molecule has 0 aromatic carbocycles. The van der Waals surface area contributed by atoms with Crippen LogP contribution in [0.3, 0.4) is 0 Å². The highest BCUT2D eigenvalue weighted by Crippen LogP contribution is 2.06. The Morgan fingerprint density at radius 2 is 1.94 bits per heavy atom. The van der Waals surface area contributed by atoms with Crippen molar-refractivity contribution in [3.05, 3.63) is 0 Å². The van der Waals surface area contributed by atoms with Crippen LogP contribution >= 0.6 is 0 Å². The molecule has 0 aliphatic rings. The van der Waals surface area contributed by atoms with E-state index in [1.807, 2.05) is 13.8 Å². The van der Waals surface area contributed by atoms with E-state index in [1.165, 1.54) is 13.0 Å². The molecule has 6 heteroatoms. The summed E-state index contributed by atoms with van der Waals surface area (Å²) in [5.74, 6) is -1.05. The Labute approximate surface area is 96.3 Å². The van der Waals surface area contributed by atoms with Gasteiger partial charge in [-0.15, -0.1) is 0 Å². The molecule has 0 radical (unpaired) electrons. The molecule has 0 heterocycles. The third-order valence-corrected chi connectivity index (χ3v) is 3.88. The van der Waals surface area contributed by atoms with Crippen molar-refractivity contribution in [2.24, 2.45) is 5.92 Å². The van der Waals surface area contributed by atoms with Crippen LogP contribution in [0.2, 0.25) is 0 Å². The lowest BCUT2D eigenvalue weighted by Gasteiger charge is -2.11. The first-order chi connectivity index (χ1) is 7.31. The quantitative estimate of drug-likeness (QED) is 0.651. The van der Waals surface area contributed by atoms with E-state index in [-0.39, 0.29) is 6.61 Å². The number of ether oxygens (including phenoxy) is 1. The van der Waals surface area contributed by atoms with Crippen LogP contribution in [0.25, 0.3) is 0 Å². The van der Waals surface area contributed by atoms with Gasteiger partial charge in [-0.1, -0.05) is 13.8 Å². The summed E-state index contributed by atoms with van der Waals surface area (Å²) in [6.45, 7) is 5.40. The first kappa shape index (κ1) is 14.9. The van der Waals surface area contributed by atoms with Gasteiger partial charge in [0.1, 0.15) is 5.75 Å². The smallest absolute Gasteiger partial charge is 0.324 e. The van der Waals surface area contributed by atoms with E-state index in [0.717, 1.165) is 0 Å². The fourth-order valence-corrected chi connectivity index (χ4v) is 1.67. The van der Waals surface area contributed by atoms with Crippen molar-refractivity contribution in [1.29, 1.82) is 5.26 Å². The van der Waals surface area contributed by atoms with Crippen LogP contribution < -0.4 is 0 Å². The number of esters is 1. The predicted octanol–water partition coefficient (Wildman–Crippen LogP) is 0.903. The van der Waals surface area contributed by atoms with Crippen molar-refractivity contribution in [3.63, 3.8) is 0 Å². The first-order valence-electron chi connectivity index (χ1n) is 5.06. The second-order valence-corrected chi connectivity index (χ2v) is 6.28. The Hall–Kier alpha value is -1.09. The molecule has 0 aromatic rings. The minimum atomic E-state index is -3.70. The summed E-state index contributed by atoms with van der Waals surface area (Å²) in [5, 5.41) is 7.04. The van der Waals surface area contributed by atoms with Crippen molar-refractivity contribution in [3.8, 4) is 6.07 Å². The Kier molecular flexibility index (Phi) is 6.04. The molecule has 0 rings (SSSR count). The highest BCUT2D eigenvalue weighted by molar-refractivity contribution is 7.92. The molecule has 5 nitrogen and oxygen atoms in total. The maximum atomic E-state index is 11.3. The van der Waals surface area contributed by atoms with Gasteiger partial charge in [-0.2, -0.15) is 5.26 Å². The van der Waals surface area contributed by atoms with Crippen LogP contribution in [0.1, 0.15) is 27.2 Å². The zero-order valence-corrected chi connectivity index (χ0v) is 10.6. The van der Waals surface area contributed by atoms with Crippen LogP contribution in [-0.4, -0.2) is 32.0 Å². The highest BCUT2D eigenvalue weighted by atomic mass is 32.2. The third-order valence-electron chi connectivity index (χ3n) is 2.08. The van der Waals surface area contributed by atoms with Gasteiger partial charge in [-0.25, -0.2) is 8.42 Å². The van der Waals surface area contributed by atoms with Crippen molar-refractivity contribution in [2.75, 3.05) is 12.4 Å². The predicted molar refractivity (Wildman–Crippen MR) is 59.3 cm³/mol. The van der Waals surface area contributed by atoms with Gasteiger partial charge in [0.15, 0.2) is 15.1 Å². The average molecular weight is 247 g/mol.